The van der Waals surface area contributed by atoms with Gasteiger partial charge in [0.15, 0.2) is 0 Å². The van der Waals surface area contributed by atoms with Crippen molar-refractivity contribution in [1.29, 1.82) is 0 Å². The molecule has 0 atom stereocenters. The van der Waals surface area contributed by atoms with E-state index in [1.807, 2.05) is 0 Å². The van der Waals surface area contributed by atoms with Gasteiger partial charge in [0.1, 0.15) is 17.2 Å². The van der Waals surface area contributed by atoms with Crippen molar-refractivity contribution in [2.75, 3.05) is 29.2 Å². The number of hydrogen-bond donors (Lipinski definition) is 4. The number of para-hydroxylation sites is 1. The molecule has 0 unspecified atom stereocenters. The molecule has 10 heteroatoms. The molecule has 0 aliphatic carbocycles. The number of phenols is 1. The Morgan fingerprint density at radius 1 is 0.969 bits per heavy atom. The zero-order valence-electron chi connectivity index (χ0n) is 17.1. The van der Waals surface area contributed by atoms with Crippen molar-refractivity contribution in [3.63, 3.8) is 0 Å². The molecular weight excluding hydrogens is 454 g/mol. The molecule has 32 heavy (non-hydrogen) atoms. The Bertz CT molecular complexity index is 1140. The minimum atomic E-state index is -0.557. The molecule has 0 aliphatic rings. The van der Waals surface area contributed by atoms with E-state index < -0.39 is 11.9 Å². The van der Waals surface area contributed by atoms with E-state index in [1.54, 1.807) is 42.5 Å². The summed E-state index contributed by atoms with van der Waals surface area (Å²) < 4.78 is 11.5. The standard InChI is InChI=1S/C22H20ClN3O5S/c1-30-19-12-20(31-2)17(11-16(19)23)25-22(29)26(32)14-9-7-13(8-10-14)24-21(28)15-5-3-4-6-18(15)27/h3-12,27,32H,1-2H3,(H,24,28)(H,25,29). The molecule has 3 rings (SSSR count). The molecule has 0 heterocycles. The number of carbonyl (C=O) groups is 2. The Morgan fingerprint density at radius 3 is 2.25 bits per heavy atom. The second-order valence-corrected chi connectivity index (χ2v) is 7.25. The van der Waals surface area contributed by atoms with E-state index in [2.05, 4.69) is 23.4 Å². The zero-order valence-corrected chi connectivity index (χ0v) is 18.8. The van der Waals surface area contributed by atoms with Gasteiger partial charge in [0.25, 0.3) is 5.91 Å². The number of rotatable bonds is 6. The predicted octanol–water partition coefficient (Wildman–Crippen LogP) is 5.20. The van der Waals surface area contributed by atoms with Crippen LogP contribution in [0, 0.1) is 0 Å². The molecule has 8 nitrogen and oxygen atoms in total. The lowest BCUT2D eigenvalue weighted by molar-refractivity contribution is 0.102. The minimum Gasteiger partial charge on any atom is -0.507 e. The highest BCUT2D eigenvalue weighted by Gasteiger charge is 2.17. The Labute approximate surface area is 195 Å². The topological polar surface area (TPSA) is 100 Å². The number of anilines is 3. The lowest BCUT2D eigenvalue weighted by Gasteiger charge is -2.19. The van der Waals surface area contributed by atoms with Gasteiger partial charge in [-0.3, -0.25) is 4.79 Å². The van der Waals surface area contributed by atoms with Gasteiger partial charge >= 0.3 is 6.03 Å². The molecule has 0 aromatic heterocycles. The maximum Gasteiger partial charge on any atom is 0.336 e. The first kappa shape index (κ1) is 23.1. The number of halogens is 1. The van der Waals surface area contributed by atoms with E-state index in [0.717, 1.165) is 4.31 Å². The summed E-state index contributed by atoms with van der Waals surface area (Å²) in [4.78, 5) is 24.9. The first-order chi connectivity index (χ1) is 15.3. The largest absolute Gasteiger partial charge is 0.507 e. The second-order valence-electron chi connectivity index (χ2n) is 6.45. The van der Waals surface area contributed by atoms with Crippen LogP contribution in [0.1, 0.15) is 10.4 Å². The van der Waals surface area contributed by atoms with Crippen LogP contribution in [-0.4, -0.2) is 31.3 Å². The Kier molecular flexibility index (Phi) is 7.34. The number of thiol groups is 1. The van der Waals surface area contributed by atoms with E-state index in [4.69, 9.17) is 21.1 Å². The van der Waals surface area contributed by atoms with E-state index in [0.29, 0.717) is 33.6 Å². The average molecular weight is 474 g/mol. The van der Waals surface area contributed by atoms with Gasteiger partial charge in [0, 0.05) is 11.8 Å². The van der Waals surface area contributed by atoms with Gasteiger partial charge in [-0.25, -0.2) is 9.10 Å². The van der Waals surface area contributed by atoms with E-state index in [1.165, 1.54) is 32.4 Å². The number of hydrogen-bond acceptors (Lipinski definition) is 6. The molecule has 0 radical (unpaired) electrons. The van der Waals surface area contributed by atoms with Crippen LogP contribution in [-0.2, 0) is 0 Å². The van der Waals surface area contributed by atoms with Crippen molar-refractivity contribution in [3.05, 3.63) is 71.2 Å². The molecule has 3 aromatic carbocycles. The molecule has 0 fully saturated rings. The van der Waals surface area contributed by atoms with Gasteiger partial charge in [-0.2, -0.15) is 0 Å². The van der Waals surface area contributed by atoms with Crippen LogP contribution in [0.4, 0.5) is 21.9 Å². The Hall–Kier alpha value is -3.56. The molecule has 0 saturated heterocycles. The third kappa shape index (κ3) is 5.19. The smallest absolute Gasteiger partial charge is 0.336 e. The van der Waals surface area contributed by atoms with Crippen molar-refractivity contribution >= 4 is 53.4 Å². The normalized spacial score (nSPS) is 10.2. The lowest BCUT2D eigenvalue weighted by atomic mass is 10.2. The lowest BCUT2D eigenvalue weighted by Crippen LogP contribution is -2.27. The molecule has 3 amide bonds. The summed E-state index contributed by atoms with van der Waals surface area (Å²) in [6.07, 6.45) is 0. The zero-order chi connectivity index (χ0) is 23.3. The molecule has 3 N–H and O–H groups in total. The van der Waals surface area contributed by atoms with Crippen LogP contribution in [0.3, 0.4) is 0 Å². The minimum absolute atomic E-state index is 0.117. The predicted molar refractivity (Wildman–Crippen MR) is 128 cm³/mol. The number of methoxy groups -OCH3 is 2. The van der Waals surface area contributed by atoms with Gasteiger partial charge in [-0.15, -0.1) is 0 Å². The van der Waals surface area contributed by atoms with Crippen molar-refractivity contribution in [1.82, 2.24) is 0 Å². The summed E-state index contributed by atoms with van der Waals surface area (Å²) >= 11 is 10.4. The molecular formula is C22H20ClN3O5S. The number of benzene rings is 3. The highest BCUT2D eigenvalue weighted by molar-refractivity contribution is 7.82. The van der Waals surface area contributed by atoms with Gasteiger partial charge in [0.05, 0.1) is 36.2 Å². The van der Waals surface area contributed by atoms with E-state index in [-0.39, 0.29) is 11.3 Å². The summed E-state index contributed by atoms with van der Waals surface area (Å²) in [5.41, 5.74) is 1.42. The van der Waals surface area contributed by atoms with E-state index >= 15 is 0 Å². The summed E-state index contributed by atoms with van der Waals surface area (Å²) in [6, 6.07) is 15.2. The number of carbonyl (C=O) groups excluding carboxylic acids is 2. The van der Waals surface area contributed by atoms with Crippen molar-refractivity contribution in [2.24, 2.45) is 0 Å². The van der Waals surface area contributed by atoms with E-state index in [9.17, 15) is 14.7 Å². The number of urea groups is 1. The maximum absolute atomic E-state index is 12.6. The fourth-order valence-corrected chi connectivity index (χ4v) is 3.22. The molecule has 0 aliphatic heterocycles. The first-order valence-corrected chi connectivity index (χ1v) is 10.0. The SMILES string of the molecule is COc1cc(OC)c(NC(=O)N(S)c2ccc(NC(=O)c3ccccc3O)cc2)cc1Cl. The van der Waals surface area contributed by atoms with Crippen LogP contribution in [0.2, 0.25) is 5.02 Å². The number of ether oxygens (including phenoxy) is 2. The molecule has 0 bridgehead atoms. The monoisotopic (exact) mass is 473 g/mol. The van der Waals surface area contributed by atoms with Crippen molar-refractivity contribution in [2.45, 2.75) is 0 Å². The maximum atomic E-state index is 12.6. The Morgan fingerprint density at radius 2 is 1.62 bits per heavy atom. The number of nitrogens with zero attached hydrogens (tertiary/aromatic N) is 1. The van der Waals surface area contributed by atoms with Gasteiger partial charge in [0.2, 0.25) is 0 Å². The van der Waals surface area contributed by atoms with Crippen LogP contribution in [0.25, 0.3) is 0 Å². The van der Waals surface area contributed by atoms with Gasteiger partial charge < -0.3 is 25.2 Å². The number of phenolic OH excluding ortho intramolecular Hbond substituents is 1. The Balaban J connectivity index is 1.70. The first-order valence-electron chi connectivity index (χ1n) is 9.25. The fraction of sp³-hybridized carbons (Fsp3) is 0.0909. The summed E-state index contributed by atoms with van der Waals surface area (Å²) in [7, 11) is 2.93. The molecule has 0 spiro atoms. The third-order valence-corrected chi connectivity index (χ3v) is 5.13. The fourth-order valence-electron chi connectivity index (χ4n) is 2.79. The van der Waals surface area contributed by atoms with Crippen LogP contribution in [0.15, 0.2) is 60.7 Å². The molecule has 3 aromatic rings. The van der Waals surface area contributed by atoms with Gasteiger partial charge in [-0.05, 0) is 42.5 Å². The van der Waals surface area contributed by atoms with Crippen LogP contribution >= 0.6 is 24.4 Å². The average Bonchev–Trinajstić information content (AvgIpc) is 2.79. The number of aromatic hydroxyl groups is 1. The highest BCUT2D eigenvalue weighted by Crippen LogP contribution is 2.36. The number of nitrogens with one attached hydrogen (secondary N) is 2. The summed E-state index contributed by atoms with van der Waals surface area (Å²) in [6.45, 7) is 0. The van der Waals surface area contributed by atoms with Crippen molar-refractivity contribution < 1.29 is 24.2 Å². The molecule has 0 saturated carbocycles. The summed E-state index contributed by atoms with van der Waals surface area (Å²) in [5, 5.41) is 15.5. The molecule has 166 valence electrons. The summed E-state index contributed by atoms with van der Waals surface area (Å²) in [5.74, 6) is 0.197. The number of amides is 3. The van der Waals surface area contributed by atoms with Gasteiger partial charge in [-0.1, -0.05) is 36.5 Å². The third-order valence-electron chi connectivity index (χ3n) is 4.43. The second kappa shape index (κ2) is 10.2. The van der Waals surface area contributed by atoms with Crippen LogP contribution < -0.4 is 24.4 Å². The van der Waals surface area contributed by atoms with Crippen molar-refractivity contribution in [3.8, 4) is 17.2 Å². The quantitative estimate of drug-likeness (QED) is 0.369. The van der Waals surface area contributed by atoms with Crippen LogP contribution in [0.5, 0.6) is 17.2 Å². The highest BCUT2D eigenvalue weighted by atomic mass is 35.5.